The minimum Gasteiger partial charge on any atom is -0.477 e. The van der Waals surface area contributed by atoms with E-state index >= 15 is 0 Å². The molecule has 20 heavy (non-hydrogen) atoms. The first-order valence-electron chi connectivity index (χ1n) is 6.09. The van der Waals surface area contributed by atoms with Crippen molar-refractivity contribution in [2.45, 2.75) is 19.4 Å². The number of aliphatic carboxylic acids is 1. The second kappa shape index (κ2) is 12.9. The zero-order chi connectivity index (χ0) is 16.7. The third-order valence-electron chi connectivity index (χ3n) is 1.93. The summed E-state index contributed by atoms with van der Waals surface area (Å²) in [5.41, 5.74) is 13.1. The molecule has 0 fully saturated rings. The van der Waals surface area contributed by atoms with E-state index in [-0.39, 0.29) is 0 Å². The molecule has 7 heteroatoms. The molecule has 1 rings (SSSR count). The van der Waals surface area contributed by atoms with Gasteiger partial charge in [-0.1, -0.05) is 29.4 Å². The molecule has 0 aromatic heterocycles. The number of rotatable bonds is 4. The van der Waals surface area contributed by atoms with Crippen LogP contribution in [0.15, 0.2) is 29.4 Å². The SMILES string of the molecule is C#CC.[2H]CF.[N-]=[N+]=Nc1ccc(C[C@H]([NH3+])C(=O)O)cc1. The Hall–Kier alpha value is -2.55. The summed E-state index contributed by atoms with van der Waals surface area (Å²) in [6.07, 6.45) is 4.96. The summed E-state index contributed by atoms with van der Waals surface area (Å²) in [7, 11) is -1.00. The van der Waals surface area contributed by atoms with Crippen molar-refractivity contribution in [1.29, 1.82) is 0 Å². The van der Waals surface area contributed by atoms with Crippen LogP contribution in [0.1, 0.15) is 13.9 Å². The molecule has 0 amide bonds. The summed E-state index contributed by atoms with van der Waals surface area (Å²) >= 11 is 0. The molecule has 0 aliphatic carbocycles. The van der Waals surface area contributed by atoms with Gasteiger partial charge in [-0.25, -0.2) is 4.79 Å². The molecule has 4 N–H and O–H groups in total. The lowest BCUT2D eigenvalue weighted by Gasteiger charge is -2.03. The van der Waals surface area contributed by atoms with Gasteiger partial charge in [0, 0.05) is 17.0 Å². The van der Waals surface area contributed by atoms with Crippen molar-refractivity contribution < 1.29 is 21.4 Å². The van der Waals surface area contributed by atoms with Crippen molar-refractivity contribution in [2.75, 3.05) is 7.15 Å². The molecule has 0 heterocycles. The van der Waals surface area contributed by atoms with E-state index < -0.39 is 19.2 Å². The second-order valence-electron chi connectivity index (χ2n) is 3.38. The van der Waals surface area contributed by atoms with E-state index in [9.17, 15) is 9.18 Å². The molecular weight excluding hydrogens is 263 g/mol. The Kier molecular flexibility index (Phi) is 11.3. The Balaban J connectivity index is 0. The molecule has 1 atom stereocenters. The Morgan fingerprint density at radius 1 is 1.70 bits per heavy atom. The lowest BCUT2D eigenvalue weighted by atomic mass is 10.1. The number of benzene rings is 1. The molecule has 0 spiro atoms. The third kappa shape index (κ3) is 9.48. The molecule has 0 radical (unpaired) electrons. The number of hydrogen-bond donors (Lipinski definition) is 2. The van der Waals surface area contributed by atoms with Crippen LogP contribution in [0.2, 0.25) is 0 Å². The van der Waals surface area contributed by atoms with Crippen LogP contribution in [0.3, 0.4) is 0 Å². The highest BCUT2D eigenvalue weighted by Crippen LogP contribution is 2.13. The minimum atomic E-state index is -1.00. The van der Waals surface area contributed by atoms with Gasteiger partial charge in [0.15, 0.2) is 6.04 Å². The van der Waals surface area contributed by atoms with E-state index in [0.29, 0.717) is 12.1 Å². The number of carbonyl (C=O) groups is 1. The van der Waals surface area contributed by atoms with Gasteiger partial charge in [0.1, 0.15) is 0 Å². The zero-order valence-electron chi connectivity index (χ0n) is 12.2. The van der Waals surface area contributed by atoms with Crippen LogP contribution in [0.4, 0.5) is 10.1 Å². The largest absolute Gasteiger partial charge is 0.477 e. The van der Waals surface area contributed by atoms with E-state index in [1.54, 1.807) is 31.2 Å². The van der Waals surface area contributed by atoms with Crippen LogP contribution >= 0.6 is 0 Å². The lowest BCUT2D eigenvalue weighted by Crippen LogP contribution is -2.65. The molecule has 1 aromatic rings. The van der Waals surface area contributed by atoms with Crippen molar-refractivity contribution in [2.24, 2.45) is 5.11 Å². The normalized spacial score (nSPS) is 10.0. The number of nitrogens with zero attached hydrogens (tertiary/aromatic N) is 3. The first-order chi connectivity index (χ1) is 9.96. The number of terminal acetylenes is 1. The van der Waals surface area contributed by atoms with Gasteiger partial charge in [0.05, 0.1) is 8.52 Å². The summed E-state index contributed by atoms with van der Waals surface area (Å²) in [5, 5.41) is 12.1. The third-order valence-corrected chi connectivity index (χ3v) is 1.93. The predicted molar refractivity (Wildman–Crippen MR) is 74.8 cm³/mol. The summed E-state index contributed by atoms with van der Waals surface area (Å²) in [4.78, 5) is 13.2. The monoisotopic (exact) mass is 282 g/mol. The first-order valence-corrected chi connectivity index (χ1v) is 5.39. The number of azide groups is 1. The summed E-state index contributed by atoms with van der Waals surface area (Å²) in [6, 6.07) is 6.08. The van der Waals surface area contributed by atoms with Crippen LogP contribution in [-0.2, 0) is 11.2 Å². The zero-order valence-corrected chi connectivity index (χ0v) is 11.2. The lowest BCUT2D eigenvalue weighted by molar-refractivity contribution is -0.407. The predicted octanol–water partition coefficient (Wildman–Crippen LogP) is 2.09. The maximum atomic E-state index is 10.5. The molecule has 108 valence electrons. The highest BCUT2D eigenvalue weighted by atomic mass is 19.1. The standard InChI is InChI=1S/C9H10N4O2.C3H4.CH3F/c10-8(9(14)15)5-6-1-3-7(4-2-6)12-13-11;1-3-2;1-2/h1-4,8H,5,10H2,(H,14,15);1H,2H3;1H3/p+1/t8-;;/m0../s1/i;;1D. The first kappa shape index (κ1) is 17.4. The summed E-state index contributed by atoms with van der Waals surface area (Å²) in [5.74, 6) is 1.33. The van der Waals surface area contributed by atoms with Gasteiger partial charge in [0.2, 0.25) is 0 Å². The Morgan fingerprint density at radius 3 is 2.50 bits per heavy atom. The second-order valence-corrected chi connectivity index (χ2v) is 3.38. The van der Waals surface area contributed by atoms with Crippen LogP contribution in [-0.4, -0.2) is 24.3 Å². The number of alkyl halides is 1. The summed E-state index contributed by atoms with van der Waals surface area (Å²) < 4.78 is 15.5. The fourth-order valence-corrected chi connectivity index (χ4v) is 1.12. The van der Waals surface area contributed by atoms with Gasteiger partial charge in [-0.15, -0.1) is 12.3 Å². The summed E-state index contributed by atoms with van der Waals surface area (Å²) in [6.45, 7) is 1.65. The maximum Gasteiger partial charge on any atom is 0.362 e. The Morgan fingerprint density at radius 2 is 2.15 bits per heavy atom. The molecule has 0 aliphatic rings. The van der Waals surface area contributed by atoms with Crippen molar-refractivity contribution in [3.63, 3.8) is 0 Å². The topological polar surface area (TPSA) is 114 Å². The van der Waals surface area contributed by atoms with E-state index in [1.807, 2.05) is 0 Å². The average molecular weight is 282 g/mol. The molecule has 0 saturated carbocycles. The molecular formula is C13H18FN4O2+. The molecule has 0 saturated heterocycles. The minimum absolute atomic E-state index is 0.367. The number of halogens is 1. The van der Waals surface area contributed by atoms with Gasteiger partial charge >= 0.3 is 5.97 Å². The Labute approximate surface area is 118 Å². The number of quaternary nitrogens is 1. The fraction of sp³-hybridized carbons (Fsp3) is 0.308. The van der Waals surface area contributed by atoms with E-state index in [4.69, 9.17) is 12.0 Å². The Bertz CT molecular complexity index is 496. The van der Waals surface area contributed by atoms with Gasteiger partial charge in [-0.2, -0.15) is 0 Å². The van der Waals surface area contributed by atoms with Gasteiger partial charge in [-0.05, 0) is 18.0 Å². The van der Waals surface area contributed by atoms with Gasteiger partial charge in [-0.3, -0.25) is 4.39 Å². The van der Waals surface area contributed by atoms with E-state index in [1.165, 1.54) is 0 Å². The van der Waals surface area contributed by atoms with Crippen LogP contribution in [0.5, 0.6) is 0 Å². The van der Waals surface area contributed by atoms with Crippen molar-refractivity contribution in [3.05, 3.63) is 40.3 Å². The van der Waals surface area contributed by atoms with Crippen LogP contribution in [0.25, 0.3) is 10.4 Å². The van der Waals surface area contributed by atoms with Crippen molar-refractivity contribution in [1.82, 2.24) is 0 Å². The molecule has 0 unspecified atom stereocenters. The van der Waals surface area contributed by atoms with E-state index in [2.05, 4.69) is 28.1 Å². The fourth-order valence-electron chi connectivity index (χ4n) is 1.12. The molecule has 0 bridgehead atoms. The maximum absolute atomic E-state index is 10.5. The molecule has 0 aliphatic heterocycles. The van der Waals surface area contributed by atoms with Crippen LogP contribution in [0, 0.1) is 12.3 Å². The quantitative estimate of drug-likeness (QED) is 0.381. The van der Waals surface area contributed by atoms with Crippen LogP contribution < -0.4 is 5.73 Å². The smallest absolute Gasteiger partial charge is 0.362 e. The van der Waals surface area contributed by atoms with E-state index in [0.717, 1.165) is 5.56 Å². The van der Waals surface area contributed by atoms with Crippen molar-refractivity contribution in [3.8, 4) is 12.3 Å². The highest BCUT2D eigenvalue weighted by Gasteiger charge is 2.15. The molecule has 1 aromatic carbocycles. The molecule has 6 nitrogen and oxygen atoms in total. The van der Waals surface area contributed by atoms with Gasteiger partial charge < -0.3 is 10.8 Å². The number of carboxylic acids is 1. The number of hydrogen-bond acceptors (Lipinski definition) is 2. The highest BCUT2D eigenvalue weighted by molar-refractivity contribution is 5.71. The average Bonchev–Trinajstić information content (AvgIpc) is 2.43. The van der Waals surface area contributed by atoms with Gasteiger partial charge in [0.25, 0.3) is 0 Å². The number of carboxylic acid groups (broad SMARTS) is 1. The van der Waals surface area contributed by atoms with Crippen molar-refractivity contribution >= 4 is 11.7 Å².